The summed E-state index contributed by atoms with van der Waals surface area (Å²) in [5.41, 5.74) is 0.166. The van der Waals surface area contributed by atoms with Crippen LogP contribution < -0.4 is 4.90 Å². The molecule has 3 fully saturated rings. The van der Waals surface area contributed by atoms with Crippen molar-refractivity contribution in [3.05, 3.63) is 17.8 Å². The Balaban J connectivity index is 1.59. The van der Waals surface area contributed by atoms with Crippen molar-refractivity contribution in [1.29, 1.82) is 0 Å². The van der Waals surface area contributed by atoms with Crippen molar-refractivity contribution in [2.45, 2.75) is 25.7 Å². The number of amides is 1. The van der Waals surface area contributed by atoms with Gasteiger partial charge in [-0.25, -0.2) is 8.78 Å². The molecule has 0 spiro atoms. The molecule has 2 atom stereocenters. The number of nitrogens with zero attached hydrogens (tertiary/aromatic N) is 4. The maximum Gasteiger partial charge on any atom is 0.267 e. The summed E-state index contributed by atoms with van der Waals surface area (Å²) in [5, 5.41) is 8.31. The second-order valence-electron chi connectivity index (χ2n) is 7.42. The number of carbonyl (C=O) groups is 1. The number of hydrogen-bond acceptors (Lipinski definition) is 5. The van der Waals surface area contributed by atoms with Gasteiger partial charge in [0, 0.05) is 38.6 Å². The predicted octanol–water partition coefficient (Wildman–Crippen LogP) is 1.50. The third-order valence-electron chi connectivity index (χ3n) is 5.70. The van der Waals surface area contributed by atoms with E-state index in [1.165, 1.54) is 4.90 Å². The molecule has 8 heteroatoms. The second kappa shape index (κ2) is 5.86. The van der Waals surface area contributed by atoms with Gasteiger partial charge in [-0.2, -0.15) is 5.10 Å². The number of likely N-dealkylation sites (tertiary alicyclic amines) is 1. The molecule has 1 aromatic heterocycles. The third kappa shape index (κ3) is 2.86. The van der Waals surface area contributed by atoms with Crippen molar-refractivity contribution in [1.82, 2.24) is 15.1 Å². The highest BCUT2D eigenvalue weighted by atomic mass is 19.3. The van der Waals surface area contributed by atoms with Crippen molar-refractivity contribution >= 4 is 11.7 Å². The quantitative estimate of drug-likeness (QED) is 0.807. The fraction of sp³-hybridized carbons (Fsp3) is 0.706. The number of aryl methyl sites for hydroxylation is 1. The Morgan fingerprint density at radius 3 is 2.80 bits per heavy atom. The molecule has 25 heavy (non-hydrogen) atoms. The minimum atomic E-state index is -2.77. The number of anilines is 1. The first kappa shape index (κ1) is 16.6. The predicted molar refractivity (Wildman–Crippen MR) is 86.5 cm³/mol. The summed E-state index contributed by atoms with van der Waals surface area (Å²) in [4.78, 5) is 16.6. The molecule has 3 saturated heterocycles. The number of rotatable bonds is 2. The first-order valence-electron chi connectivity index (χ1n) is 8.70. The van der Waals surface area contributed by atoms with Crippen LogP contribution in [-0.2, 0) is 9.53 Å². The summed E-state index contributed by atoms with van der Waals surface area (Å²) in [6, 6.07) is 3.78. The highest BCUT2D eigenvalue weighted by Crippen LogP contribution is 2.45. The molecule has 4 heterocycles. The van der Waals surface area contributed by atoms with E-state index in [0.29, 0.717) is 32.7 Å². The molecule has 3 aliphatic heterocycles. The van der Waals surface area contributed by atoms with Crippen LogP contribution in [0, 0.1) is 18.3 Å². The van der Waals surface area contributed by atoms with Gasteiger partial charge in [0.2, 0.25) is 5.91 Å². The number of ether oxygens (including phenoxy) is 1. The van der Waals surface area contributed by atoms with Gasteiger partial charge in [-0.15, -0.1) is 5.10 Å². The van der Waals surface area contributed by atoms with Crippen molar-refractivity contribution in [2.24, 2.45) is 11.3 Å². The van der Waals surface area contributed by atoms with Crippen molar-refractivity contribution in [3.8, 4) is 0 Å². The van der Waals surface area contributed by atoms with E-state index in [0.717, 1.165) is 11.5 Å². The van der Waals surface area contributed by atoms with E-state index < -0.39 is 17.9 Å². The Labute approximate surface area is 145 Å². The Bertz CT molecular complexity index is 669. The fourth-order valence-electron chi connectivity index (χ4n) is 4.26. The van der Waals surface area contributed by atoms with E-state index in [2.05, 4.69) is 10.2 Å². The van der Waals surface area contributed by atoms with Crippen LogP contribution >= 0.6 is 0 Å². The summed E-state index contributed by atoms with van der Waals surface area (Å²) in [5.74, 6) is -2.21. The molecular weight excluding hydrogens is 330 g/mol. The van der Waals surface area contributed by atoms with Crippen molar-refractivity contribution < 1.29 is 18.3 Å². The smallest absolute Gasteiger partial charge is 0.267 e. The van der Waals surface area contributed by atoms with Crippen molar-refractivity contribution in [2.75, 3.05) is 44.3 Å². The molecule has 6 nitrogen and oxygen atoms in total. The summed E-state index contributed by atoms with van der Waals surface area (Å²) in [6.07, 6.45) is 0.317. The van der Waals surface area contributed by atoms with Gasteiger partial charge >= 0.3 is 0 Å². The minimum Gasteiger partial charge on any atom is -0.381 e. The zero-order valence-electron chi connectivity index (χ0n) is 14.3. The Hall–Kier alpha value is -1.83. The largest absolute Gasteiger partial charge is 0.381 e. The van der Waals surface area contributed by atoms with Gasteiger partial charge in [0.05, 0.1) is 24.3 Å². The van der Waals surface area contributed by atoms with E-state index in [9.17, 15) is 13.6 Å². The highest BCUT2D eigenvalue weighted by molar-refractivity contribution is 5.85. The topological polar surface area (TPSA) is 58.6 Å². The Kier molecular flexibility index (Phi) is 3.90. The van der Waals surface area contributed by atoms with Gasteiger partial charge in [-0.05, 0) is 25.5 Å². The van der Waals surface area contributed by atoms with Crippen LogP contribution in [-0.4, -0.2) is 66.3 Å². The summed E-state index contributed by atoms with van der Waals surface area (Å²) >= 11 is 0. The van der Waals surface area contributed by atoms with Gasteiger partial charge in [0.25, 0.3) is 5.92 Å². The Morgan fingerprint density at radius 2 is 2.12 bits per heavy atom. The second-order valence-corrected chi connectivity index (χ2v) is 7.42. The fourth-order valence-corrected chi connectivity index (χ4v) is 4.26. The lowest BCUT2D eigenvalue weighted by Crippen LogP contribution is -2.51. The van der Waals surface area contributed by atoms with Crippen LogP contribution in [0.3, 0.4) is 0 Å². The molecule has 4 rings (SSSR count). The number of carbonyl (C=O) groups excluding carboxylic acids is 1. The van der Waals surface area contributed by atoms with Gasteiger partial charge in [-0.1, -0.05) is 0 Å². The molecule has 0 aliphatic carbocycles. The lowest BCUT2D eigenvalue weighted by Gasteiger charge is -2.39. The van der Waals surface area contributed by atoms with E-state index in [4.69, 9.17) is 4.74 Å². The molecule has 0 aromatic carbocycles. The SMILES string of the molecule is Cc1ccc(N2CC3COCCC3(C(=O)N3CCC(F)(F)C3)C2)nn1. The van der Waals surface area contributed by atoms with E-state index in [1.54, 1.807) is 0 Å². The monoisotopic (exact) mass is 352 g/mol. The van der Waals surface area contributed by atoms with E-state index in [1.807, 2.05) is 24.0 Å². The number of fused-ring (bicyclic) bond motifs is 1. The summed E-state index contributed by atoms with van der Waals surface area (Å²) in [6.45, 7) is 3.61. The van der Waals surface area contributed by atoms with E-state index in [-0.39, 0.29) is 24.8 Å². The lowest BCUT2D eigenvalue weighted by molar-refractivity contribution is -0.150. The van der Waals surface area contributed by atoms with E-state index >= 15 is 0 Å². The summed E-state index contributed by atoms with van der Waals surface area (Å²) < 4.78 is 32.8. The van der Waals surface area contributed by atoms with Crippen LogP contribution in [0.25, 0.3) is 0 Å². The van der Waals surface area contributed by atoms with Crippen LogP contribution in [0.5, 0.6) is 0 Å². The average molecular weight is 352 g/mol. The van der Waals surface area contributed by atoms with Gasteiger partial charge in [0.15, 0.2) is 5.82 Å². The number of halogens is 2. The molecule has 1 aromatic rings. The van der Waals surface area contributed by atoms with Gasteiger partial charge in [-0.3, -0.25) is 4.79 Å². The first-order chi connectivity index (χ1) is 11.9. The number of alkyl halides is 2. The summed E-state index contributed by atoms with van der Waals surface area (Å²) in [7, 11) is 0. The van der Waals surface area contributed by atoms with Crippen LogP contribution in [0.4, 0.5) is 14.6 Å². The molecule has 0 bridgehead atoms. The lowest BCUT2D eigenvalue weighted by atomic mass is 9.73. The molecule has 0 saturated carbocycles. The number of hydrogen-bond donors (Lipinski definition) is 0. The Morgan fingerprint density at radius 1 is 1.28 bits per heavy atom. The molecule has 3 aliphatic rings. The van der Waals surface area contributed by atoms with Crippen LogP contribution in [0.15, 0.2) is 12.1 Å². The molecule has 0 N–H and O–H groups in total. The maximum absolute atomic E-state index is 13.6. The zero-order valence-corrected chi connectivity index (χ0v) is 14.3. The highest BCUT2D eigenvalue weighted by Gasteiger charge is 2.57. The van der Waals surface area contributed by atoms with Gasteiger partial charge < -0.3 is 14.5 Å². The average Bonchev–Trinajstić information content (AvgIpc) is 3.15. The molecular formula is C17H22F2N4O2. The molecule has 136 valence electrons. The minimum absolute atomic E-state index is 0.00826. The number of aromatic nitrogens is 2. The molecule has 1 amide bonds. The maximum atomic E-state index is 13.6. The van der Waals surface area contributed by atoms with Crippen LogP contribution in [0.1, 0.15) is 18.5 Å². The zero-order chi connectivity index (χ0) is 17.7. The normalized spacial score (nSPS) is 31.2. The first-order valence-corrected chi connectivity index (χ1v) is 8.70. The third-order valence-corrected chi connectivity index (χ3v) is 5.70. The van der Waals surface area contributed by atoms with Crippen molar-refractivity contribution in [3.63, 3.8) is 0 Å². The standard InChI is InChI=1S/C17H22F2N4O2/c1-12-2-3-14(21-20-12)23-8-13-9-25-7-5-16(13,10-23)15(24)22-6-4-17(18,19)11-22/h2-3,13H,4-11H2,1H3. The van der Waals surface area contributed by atoms with Gasteiger partial charge in [0.1, 0.15) is 0 Å². The molecule has 0 radical (unpaired) electrons. The molecule has 2 unspecified atom stereocenters. The van der Waals surface area contributed by atoms with Crippen LogP contribution in [0.2, 0.25) is 0 Å².